The fourth-order valence-corrected chi connectivity index (χ4v) is 8.51. The molecule has 0 amide bonds. The third-order valence-corrected chi connectivity index (χ3v) is 10.3. The zero-order valence-corrected chi connectivity index (χ0v) is 19.5. The van der Waals surface area contributed by atoms with Gasteiger partial charge in [0.1, 0.15) is 0 Å². The molecule has 0 aliphatic heterocycles. The summed E-state index contributed by atoms with van der Waals surface area (Å²) in [5, 5.41) is 0. The monoisotopic (exact) mass is 384 g/mol. The highest BCUT2D eigenvalue weighted by Crippen LogP contribution is 2.68. The average Bonchev–Trinajstić information content (AvgIpc) is 2.75. The second-order valence-electron chi connectivity index (χ2n) is 12.0. The second-order valence-corrected chi connectivity index (χ2v) is 12.0. The Bertz CT molecular complexity index is 685. The third kappa shape index (κ3) is 2.73. The highest BCUT2D eigenvalue weighted by Gasteiger charge is 2.61. The van der Waals surface area contributed by atoms with Gasteiger partial charge in [-0.05, 0) is 106 Å². The van der Waals surface area contributed by atoms with E-state index in [2.05, 4.69) is 65.8 Å². The minimum absolute atomic E-state index is 0.327. The van der Waals surface area contributed by atoms with Crippen LogP contribution in [0.1, 0.15) is 79.6 Å². The first-order valence-electron chi connectivity index (χ1n) is 11.8. The number of allylic oxidation sites excluding steroid dienone is 3. The van der Waals surface area contributed by atoms with Gasteiger partial charge >= 0.3 is 0 Å². The molecule has 28 heavy (non-hydrogen) atoms. The lowest BCUT2D eigenvalue weighted by Gasteiger charge is -2.55. The van der Waals surface area contributed by atoms with Crippen molar-refractivity contribution in [3.63, 3.8) is 0 Å². The maximum Gasteiger partial charge on any atom is 0.0181 e. The minimum atomic E-state index is 0.327. The van der Waals surface area contributed by atoms with Crippen LogP contribution in [0.3, 0.4) is 0 Å². The Labute approximate surface area is 174 Å². The molecule has 0 radical (unpaired) electrons. The van der Waals surface area contributed by atoms with Crippen LogP contribution in [0.2, 0.25) is 0 Å². The van der Waals surface area contributed by atoms with Crippen molar-refractivity contribution in [1.29, 1.82) is 0 Å². The Morgan fingerprint density at radius 1 is 1.00 bits per heavy atom. The third-order valence-electron chi connectivity index (χ3n) is 10.3. The van der Waals surface area contributed by atoms with Crippen LogP contribution < -0.4 is 5.73 Å². The molecular formula is C26H44N2. The standard InChI is InChI=1S/C26H44N2/c1-17(27)20-13-15-26(5)22-10-9-21-18(16-19(22)12-14-25(20,26)4)8-11-23(28(6)7)24(21,2)3/h8,16-17,20-23H,9-15,27H2,1-7H3/t17-,20+,21+,22-,23-,25+,26-/m0/s1. The Hall–Kier alpha value is -0.600. The highest BCUT2D eigenvalue weighted by atomic mass is 15.1. The van der Waals surface area contributed by atoms with Gasteiger partial charge in [-0.3, -0.25) is 0 Å². The Kier molecular flexibility index (Phi) is 4.95. The van der Waals surface area contributed by atoms with E-state index in [9.17, 15) is 0 Å². The molecule has 7 atom stereocenters. The van der Waals surface area contributed by atoms with Gasteiger partial charge in [-0.2, -0.15) is 0 Å². The summed E-state index contributed by atoms with van der Waals surface area (Å²) < 4.78 is 0. The van der Waals surface area contributed by atoms with Crippen LogP contribution in [0.15, 0.2) is 23.3 Å². The molecule has 4 aliphatic carbocycles. The zero-order chi connectivity index (χ0) is 20.5. The second kappa shape index (κ2) is 6.71. The first-order valence-corrected chi connectivity index (χ1v) is 11.8. The van der Waals surface area contributed by atoms with Crippen molar-refractivity contribution >= 4 is 0 Å². The molecule has 0 unspecified atom stereocenters. The van der Waals surface area contributed by atoms with E-state index in [1.54, 1.807) is 11.1 Å². The van der Waals surface area contributed by atoms with Crippen molar-refractivity contribution in [1.82, 2.24) is 4.90 Å². The first-order chi connectivity index (χ1) is 13.0. The molecule has 158 valence electrons. The van der Waals surface area contributed by atoms with E-state index < -0.39 is 0 Å². The largest absolute Gasteiger partial charge is 0.328 e. The van der Waals surface area contributed by atoms with E-state index in [1.807, 2.05) is 0 Å². The summed E-state index contributed by atoms with van der Waals surface area (Å²) in [6.45, 7) is 12.5. The van der Waals surface area contributed by atoms with E-state index in [0.717, 1.165) is 5.92 Å². The molecule has 0 saturated heterocycles. The van der Waals surface area contributed by atoms with Crippen LogP contribution >= 0.6 is 0 Å². The first kappa shape index (κ1) is 20.7. The molecule has 0 heterocycles. The van der Waals surface area contributed by atoms with Crippen molar-refractivity contribution in [2.24, 2.45) is 39.7 Å². The molecule has 2 nitrogen and oxygen atoms in total. The topological polar surface area (TPSA) is 29.3 Å². The molecule has 0 aromatic carbocycles. The Balaban J connectivity index is 1.69. The number of hydrogen-bond acceptors (Lipinski definition) is 2. The van der Waals surface area contributed by atoms with Crippen LogP contribution in [0, 0.1) is 34.0 Å². The predicted octanol–water partition coefficient (Wildman–Crippen LogP) is 5.79. The minimum Gasteiger partial charge on any atom is -0.328 e. The molecule has 4 aliphatic rings. The summed E-state index contributed by atoms with van der Waals surface area (Å²) in [5.41, 5.74) is 11.1. The molecule has 0 aromatic heterocycles. The molecular weight excluding hydrogens is 340 g/mol. The zero-order valence-electron chi connectivity index (χ0n) is 19.5. The lowest BCUT2D eigenvalue weighted by atomic mass is 9.50. The molecule has 4 rings (SSSR count). The predicted molar refractivity (Wildman–Crippen MR) is 120 cm³/mol. The number of rotatable bonds is 2. The molecule has 2 heteroatoms. The van der Waals surface area contributed by atoms with Crippen LogP contribution in [-0.2, 0) is 0 Å². The molecule has 2 saturated carbocycles. The van der Waals surface area contributed by atoms with Crippen molar-refractivity contribution in [3.8, 4) is 0 Å². The van der Waals surface area contributed by atoms with Crippen molar-refractivity contribution in [3.05, 3.63) is 23.3 Å². The number of fused-ring (bicyclic) bond motifs is 4. The van der Waals surface area contributed by atoms with E-state index in [-0.39, 0.29) is 0 Å². The highest BCUT2D eigenvalue weighted by molar-refractivity contribution is 5.36. The van der Waals surface area contributed by atoms with Gasteiger partial charge < -0.3 is 10.6 Å². The molecule has 2 fully saturated rings. The van der Waals surface area contributed by atoms with Crippen LogP contribution in [0.5, 0.6) is 0 Å². The lowest BCUT2D eigenvalue weighted by molar-refractivity contribution is -0.0190. The van der Waals surface area contributed by atoms with Gasteiger partial charge in [-0.15, -0.1) is 0 Å². The quantitative estimate of drug-likeness (QED) is 0.653. The van der Waals surface area contributed by atoms with Gasteiger partial charge in [-0.25, -0.2) is 0 Å². The van der Waals surface area contributed by atoms with Crippen molar-refractivity contribution in [2.45, 2.75) is 91.6 Å². The summed E-state index contributed by atoms with van der Waals surface area (Å²) in [5.74, 6) is 2.15. The Morgan fingerprint density at radius 2 is 1.68 bits per heavy atom. The Morgan fingerprint density at radius 3 is 2.32 bits per heavy atom. The fourth-order valence-electron chi connectivity index (χ4n) is 8.51. The van der Waals surface area contributed by atoms with Crippen molar-refractivity contribution < 1.29 is 0 Å². The summed E-state index contributed by atoms with van der Waals surface area (Å²) in [4.78, 5) is 2.46. The summed E-state index contributed by atoms with van der Waals surface area (Å²) >= 11 is 0. The van der Waals surface area contributed by atoms with Crippen LogP contribution in [-0.4, -0.2) is 31.1 Å². The summed E-state index contributed by atoms with van der Waals surface area (Å²) in [7, 11) is 4.53. The maximum absolute atomic E-state index is 6.49. The van der Waals surface area contributed by atoms with Gasteiger partial charge in [0, 0.05) is 12.1 Å². The smallest absolute Gasteiger partial charge is 0.0181 e. The fraction of sp³-hybridized carbons (Fsp3) is 0.846. The SMILES string of the molecule is C[C@H](N)[C@H]1CC[C@@]2(C)[C@H]3CC[C@@H]4C(=CC[C@H](N(C)C)C4(C)C)C=C3CC[C@]12C. The van der Waals surface area contributed by atoms with E-state index in [0.29, 0.717) is 40.2 Å². The number of nitrogens with two attached hydrogens (primary N) is 1. The van der Waals surface area contributed by atoms with E-state index >= 15 is 0 Å². The van der Waals surface area contributed by atoms with Gasteiger partial charge in [-0.1, -0.05) is 45.4 Å². The lowest BCUT2D eigenvalue weighted by Crippen LogP contribution is -2.49. The van der Waals surface area contributed by atoms with Crippen molar-refractivity contribution in [2.75, 3.05) is 14.1 Å². The van der Waals surface area contributed by atoms with Gasteiger partial charge in [0.05, 0.1) is 0 Å². The summed E-state index contributed by atoms with van der Waals surface area (Å²) in [6, 6.07) is 0.975. The van der Waals surface area contributed by atoms with E-state index in [4.69, 9.17) is 5.73 Å². The van der Waals surface area contributed by atoms with Gasteiger partial charge in [0.15, 0.2) is 0 Å². The molecule has 0 aromatic rings. The van der Waals surface area contributed by atoms with Crippen LogP contribution in [0.25, 0.3) is 0 Å². The molecule has 2 N–H and O–H groups in total. The maximum atomic E-state index is 6.49. The van der Waals surface area contributed by atoms with Gasteiger partial charge in [0.2, 0.25) is 0 Å². The summed E-state index contributed by atoms with van der Waals surface area (Å²) in [6.07, 6.45) is 14.5. The normalized spacial score (nSPS) is 46.0. The van der Waals surface area contributed by atoms with Crippen LogP contribution in [0.4, 0.5) is 0 Å². The average molecular weight is 385 g/mol. The molecule has 0 bridgehead atoms. The number of nitrogens with zero attached hydrogens (tertiary/aromatic N) is 1. The van der Waals surface area contributed by atoms with Gasteiger partial charge in [0.25, 0.3) is 0 Å². The van der Waals surface area contributed by atoms with E-state index in [1.165, 1.54) is 44.9 Å². The number of hydrogen-bond donors (Lipinski definition) is 1. The molecule has 0 spiro atoms.